The Hall–Kier alpha value is -3.41. The Morgan fingerprint density at radius 2 is 2.00 bits per heavy atom. The van der Waals surface area contributed by atoms with E-state index in [1.807, 2.05) is 43.3 Å². The molecule has 4 rings (SSSR count). The highest BCUT2D eigenvalue weighted by molar-refractivity contribution is 6.04. The van der Waals surface area contributed by atoms with E-state index in [4.69, 9.17) is 9.47 Å². The SMILES string of the molecule is CCOC(=O)C1=C(C)NC2=C(C(=O)C[C@@H](c3cccc(OC)c3)C2)[C@@H]1c1cccnc1. The number of nitrogens with zero attached hydrogens (tertiary/aromatic N) is 1. The molecule has 6 heteroatoms. The summed E-state index contributed by atoms with van der Waals surface area (Å²) in [6.45, 7) is 3.91. The fourth-order valence-electron chi connectivity index (χ4n) is 4.53. The molecule has 2 aliphatic rings. The molecule has 31 heavy (non-hydrogen) atoms. The second-order valence-electron chi connectivity index (χ2n) is 7.80. The molecule has 1 aromatic heterocycles. The first kappa shape index (κ1) is 20.8. The van der Waals surface area contributed by atoms with Crippen LogP contribution in [0.3, 0.4) is 0 Å². The van der Waals surface area contributed by atoms with Gasteiger partial charge in [0, 0.05) is 41.7 Å². The predicted molar refractivity (Wildman–Crippen MR) is 116 cm³/mol. The van der Waals surface area contributed by atoms with Crippen molar-refractivity contribution in [1.82, 2.24) is 10.3 Å². The van der Waals surface area contributed by atoms with Crippen molar-refractivity contribution in [2.75, 3.05) is 13.7 Å². The molecule has 0 saturated heterocycles. The van der Waals surface area contributed by atoms with Crippen LogP contribution in [0.5, 0.6) is 5.75 Å². The Labute approximate surface area is 182 Å². The van der Waals surface area contributed by atoms with E-state index in [9.17, 15) is 9.59 Å². The van der Waals surface area contributed by atoms with E-state index in [0.717, 1.165) is 22.6 Å². The van der Waals surface area contributed by atoms with Crippen LogP contribution in [0, 0.1) is 0 Å². The second-order valence-corrected chi connectivity index (χ2v) is 7.80. The van der Waals surface area contributed by atoms with Crippen molar-refractivity contribution in [2.24, 2.45) is 0 Å². The van der Waals surface area contributed by atoms with Gasteiger partial charge in [-0.25, -0.2) is 4.79 Å². The Bertz CT molecular complexity index is 1070. The minimum Gasteiger partial charge on any atom is -0.497 e. The van der Waals surface area contributed by atoms with Crippen LogP contribution in [0.1, 0.15) is 49.7 Å². The van der Waals surface area contributed by atoms with Crippen LogP contribution in [0.25, 0.3) is 0 Å². The number of allylic oxidation sites excluding steroid dienone is 3. The monoisotopic (exact) mass is 418 g/mol. The molecule has 1 N–H and O–H groups in total. The molecule has 0 unspecified atom stereocenters. The van der Waals surface area contributed by atoms with Crippen LogP contribution in [0.4, 0.5) is 0 Å². The van der Waals surface area contributed by atoms with Crippen LogP contribution in [-0.4, -0.2) is 30.5 Å². The third-order valence-electron chi connectivity index (χ3n) is 5.91. The number of ether oxygens (including phenoxy) is 2. The van der Waals surface area contributed by atoms with E-state index in [0.29, 0.717) is 29.7 Å². The summed E-state index contributed by atoms with van der Waals surface area (Å²) in [5.74, 6) is -0.0429. The first-order chi connectivity index (χ1) is 15.0. The van der Waals surface area contributed by atoms with Gasteiger partial charge in [-0.05, 0) is 55.5 Å². The molecule has 6 nitrogen and oxygen atoms in total. The average molecular weight is 418 g/mol. The summed E-state index contributed by atoms with van der Waals surface area (Å²) in [5.41, 5.74) is 4.57. The standard InChI is InChI=1S/C25H26N2O4/c1-4-31-25(29)22-15(2)27-20-12-18(16-7-5-9-19(11-16)30-3)13-21(28)24(20)23(22)17-8-6-10-26-14-17/h5-11,14,18,23,27H,4,12-13H2,1-3H3/t18-,23+/m0/s1. The molecule has 160 valence electrons. The normalized spacial score (nSPS) is 20.8. The molecule has 2 atom stereocenters. The molecule has 0 radical (unpaired) electrons. The van der Waals surface area contributed by atoms with E-state index in [-0.39, 0.29) is 18.3 Å². The zero-order valence-corrected chi connectivity index (χ0v) is 18.0. The molecule has 0 amide bonds. The molecule has 1 aromatic carbocycles. The van der Waals surface area contributed by atoms with E-state index in [1.165, 1.54) is 0 Å². The number of dihydropyridines is 1. The molecule has 2 aromatic rings. The predicted octanol–water partition coefficient (Wildman–Crippen LogP) is 4.01. The summed E-state index contributed by atoms with van der Waals surface area (Å²) in [7, 11) is 1.64. The summed E-state index contributed by atoms with van der Waals surface area (Å²) in [5, 5.41) is 3.35. The van der Waals surface area contributed by atoms with Crippen molar-refractivity contribution in [3.63, 3.8) is 0 Å². The Morgan fingerprint density at radius 3 is 2.71 bits per heavy atom. The van der Waals surface area contributed by atoms with Crippen molar-refractivity contribution in [2.45, 2.75) is 38.5 Å². The van der Waals surface area contributed by atoms with Crippen LogP contribution < -0.4 is 10.1 Å². The maximum Gasteiger partial charge on any atom is 0.336 e. The number of pyridine rings is 1. The third-order valence-corrected chi connectivity index (χ3v) is 5.91. The van der Waals surface area contributed by atoms with Gasteiger partial charge in [-0.15, -0.1) is 0 Å². The summed E-state index contributed by atoms with van der Waals surface area (Å²) < 4.78 is 10.7. The number of ketones is 1. The highest BCUT2D eigenvalue weighted by Crippen LogP contribution is 2.45. The van der Waals surface area contributed by atoms with Gasteiger partial charge in [0.15, 0.2) is 5.78 Å². The molecule has 0 fully saturated rings. The number of methoxy groups -OCH3 is 1. The first-order valence-corrected chi connectivity index (χ1v) is 10.5. The number of Topliss-reactive ketones (excluding diaryl/α,β-unsaturated/α-hetero) is 1. The summed E-state index contributed by atoms with van der Waals surface area (Å²) in [6.07, 6.45) is 4.45. The van der Waals surface area contributed by atoms with Gasteiger partial charge in [0.1, 0.15) is 5.75 Å². The number of hydrogen-bond donors (Lipinski definition) is 1. The van der Waals surface area contributed by atoms with E-state index >= 15 is 0 Å². The molecular weight excluding hydrogens is 392 g/mol. The highest BCUT2D eigenvalue weighted by Gasteiger charge is 2.41. The molecule has 0 bridgehead atoms. The molecule has 1 aliphatic carbocycles. The molecular formula is C25H26N2O4. The lowest BCUT2D eigenvalue weighted by molar-refractivity contribution is -0.138. The summed E-state index contributed by atoms with van der Waals surface area (Å²) >= 11 is 0. The van der Waals surface area contributed by atoms with Gasteiger partial charge >= 0.3 is 5.97 Å². The quantitative estimate of drug-likeness (QED) is 0.739. The van der Waals surface area contributed by atoms with Crippen molar-refractivity contribution in [3.8, 4) is 5.75 Å². The van der Waals surface area contributed by atoms with Gasteiger partial charge in [-0.2, -0.15) is 0 Å². The number of aromatic nitrogens is 1. The van der Waals surface area contributed by atoms with Gasteiger partial charge < -0.3 is 14.8 Å². The lowest BCUT2D eigenvalue weighted by atomic mass is 9.72. The van der Waals surface area contributed by atoms with Gasteiger partial charge in [0.25, 0.3) is 0 Å². The second kappa shape index (κ2) is 8.76. The number of hydrogen-bond acceptors (Lipinski definition) is 6. The van der Waals surface area contributed by atoms with E-state index < -0.39 is 11.9 Å². The summed E-state index contributed by atoms with van der Waals surface area (Å²) in [6, 6.07) is 11.6. The Kier molecular flexibility index (Phi) is 5.89. The van der Waals surface area contributed by atoms with Gasteiger partial charge in [-0.1, -0.05) is 18.2 Å². The minimum atomic E-state index is -0.484. The number of nitrogens with one attached hydrogen (secondary N) is 1. The number of carbonyl (C=O) groups excluding carboxylic acids is 2. The molecule has 0 spiro atoms. The van der Waals surface area contributed by atoms with Gasteiger partial charge in [-0.3, -0.25) is 9.78 Å². The van der Waals surface area contributed by atoms with Crippen LogP contribution in [0.2, 0.25) is 0 Å². The number of esters is 1. The van der Waals surface area contributed by atoms with Crippen molar-refractivity contribution >= 4 is 11.8 Å². The number of carbonyl (C=O) groups is 2. The third kappa shape index (κ3) is 3.98. The Morgan fingerprint density at radius 1 is 1.19 bits per heavy atom. The zero-order valence-electron chi connectivity index (χ0n) is 18.0. The van der Waals surface area contributed by atoms with Crippen molar-refractivity contribution in [1.29, 1.82) is 0 Å². The summed E-state index contributed by atoms with van der Waals surface area (Å²) in [4.78, 5) is 30.5. The number of benzene rings is 1. The van der Waals surface area contributed by atoms with E-state index in [2.05, 4.69) is 10.3 Å². The maximum atomic E-state index is 13.5. The molecule has 1 aliphatic heterocycles. The number of rotatable bonds is 5. The topological polar surface area (TPSA) is 77.5 Å². The van der Waals surface area contributed by atoms with Crippen molar-refractivity contribution < 1.29 is 19.1 Å². The van der Waals surface area contributed by atoms with Gasteiger partial charge in [0.2, 0.25) is 0 Å². The average Bonchev–Trinajstić information content (AvgIpc) is 2.78. The lowest BCUT2D eigenvalue weighted by Crippen LogP contribution is -2.36. The molecule has 0 saturated carbocycles. The minimum absolute atomic E-state index is 0.0321. The lowest BCUT2D eigenvalue weighted by Gasteiger charge is -2.36. The molecule has 2 heterocycles. The van der Waals surface area contributed by atoms with Crippen LogP contribution in [-0.2, 0) is 14.3 Å². The maximum absolute atomic E-state index is 13.5. The van der Waals surface area contributed by atoms with Crippen LogP contribution >= 0.6 is 0 Å². The largest absolute Gasteiger partial charge is 0.497 e. The fourth-order valence-corrected chi connectivity index (χ4v) is 4.53. The first-order valence-electron chi connectivity index (χ1n) is 10.5. The zero-order chi connectivity index (χ0) is 22.0. The van der Waals surface area contributed by atoms with Crippen molar-refractivity contribution in [3.05, 3.63) is 82.5 Å². The fraction of sp³-hybridized carbons (Fsp3) is 0.320. The smallest absolute Gasteiger partial charge is 0.336 e. The van der Waals surface area contributed by atoms with Crippen LogP contribution in [0.15, 0.2) is 71.3 Å². The Balaban J connectivity index is 1.77. The van der Waals surface area contributed by atoms with E-state index in [1.54, 1.807) is 26.4 Å². The highest BCUT2D eigenvalue weighted by atomic mass is 16.5. The van der Waals surface area contributed by atoms with Gasteiger partial charge in [0.05, 0.1) is 19.3 Å².